The third-order valence-corrected chi connectivity index (χ3v) is 5.16. The molecular weight excluding hydrogens is 304 g/mol. The highest BCUT2D eigenvalue weighted by Gasteiger charge is 2.36. The van der Waals surface area contributed by atoms with Crippen molar-refractivity contribution in [2.24, 2.45) is 5.92 Å². The van der Waals surface area contributed by atoms with Crippen molar-refractivity contribution < 1.29 is 4.42 Å². The molecule has 3 aromatic rings. The van der Waals surface area contributed by atoms with Crippen molar-refractivity contribution in [2.75, 3.05) is 5.32 Å². The standard InChI is InChI=1S/C16H15ClN2OS/c1-9-6-11(9)13-4-2-10(20-13)7-18-15-12(17)3-5-14-16(15)19-8-21-14/h2-5,8-9,11,18H,6-7H2,1H3. The second-order valence-electron chi connectivity index (χ2n) is 5.60. The summed E-state index contributed by atoms with van der Waals surface area (Å²) in [6, 6.07) is 8.04. The summed E-state index contributed by atoms with van der Waals surface area (Å²) in [5.41, 5.74) is 3.65. The Kier molecular flexibility index (Phi) is 3.16. The van der Waals surface area contributed by atoms with E-state index in [2.05, 4.69) is 23.3 Å². The van der Waals surface area contributed by atoms with Gasteiger partial charge in [-0.3, -0.25) is 0 Å². The SMILES string of the molecule is CC1CC1c1ccc(CNc2c(Cl)ccc3scnc23)o1. The molecule has 1 aromatic carbocycles. The van der Waals surface area contributed by atoms with Gasteiger partial charge in [-0.25, -0.2) is 4.98 Å². The molecule has 1 aliphatic carbocycles. The van der Waals surface area contributed by atoms with Crippen LogP contribution in [0.5, 0.6) is 0 Å². The monoisotopic (exact) mass is 318 g/mol. The van der Waals surface area contributed by atoms with E-state index in [-0.39, 0.29) is 0 Å². The van der Waals surface area contributed by atoms with Crippen LogP contribution in [-0.2, 0) is 6.54 Å². The smallest absolute Gasteiger partial charge is 0.123 e. The maximum Gasteiger partial charge on any atom is 0.123 e. The highest BCUT2D eigenvalue weighted by Crippen LogP contribution is 2.47. The lowest BCUT2D eigenvalue weighted by Gasteiger charge is -2.07. The van der Waals surface area contributed by atoms with Crippen LogP contribution in [0.1, 0.15) is 30.8 Å². The third kappa shape index (κ3) is 2.43. The number of anilines is 1. The average molecular weight is 319 g/mol. The molecule has 5 heteroatoms. The van der Waals surface area contributed by atoms with Crippen LogP contribution >= 0.6 is 22.9 Å². The van der Waals surface area contributed by atoms with Gasteiger partial charge in [-0.1, -0.05) is 18.5 Å². The molecule has 2 atom stereocenters. The molecular formula is C16H15ClN2OS. The first kappa shape index (κ1) is 13.2. The van der Waals surface area contributed by atoms with Gasteiger partial charge in [-0.2, -0.15) is 0 Å². The summed E-state index contributed by atoms with van der Waals surface area (Å²) in [6.45, 7) is 2.88. The van der Waals surface area contributed by atoms with E-state index in [1.807, 2.05) is 23.7 Å². The number of nitrogens with one attached hydrogen (secondary N) is 1. The fourth-order valence-electron chi connectivity index (χ4n) is 2.66. The van der Waals surface area contributed by atoms with Gasteiger partial charge in [0.05, 0.1) is 27.5 Å². The summed E-state index contributed by atoms with van der Waals surface area (Å²) in [5.74, 6) is 3.42. The molecule has 2 heterocycles. The molecule has 0 radical (unpaired) electrons. The molecule has 108 valence electrons. The lowest BCUT2D eigenvalue weighted by atomic mass is 10.2. The van der Waals surface area contributed by atoms with Gasteiger partial charge in [0.2, 0.25) is 0 Å². The van der Waals surface area contributed by atoms with Crippen molar-refractivity contribution in [2.45, 2.75) is 25.8 Å². The largest absolute Gasteiger partial charge is 0.464 e. The van der Waals surface area contributed by atoms with Gasteiger partial charge in [0.1, 0.15) is 17.0 Å². The Balaban J connectivity index is 1.54. The van der Waals surface area contributed by atoms with E-state index in [1.54, 1.807) is 11.3 Å². The van der Waals surface area contributed by atoms with Crippen LogP contribution < -0.4 is 5.32 Å². The number of hydrogen-bond donors (Lipinski definition) is 1. The first-order chi connectivity index (χ1) is 10.2. The Morgan fingerprint density at radius 2 is 2.24 bits per heavy atom. The number of rotatable bonds is 4. The molecule has 2 unspecified atom stereocenters. The normalized spacial score (nSPS) is 20.9. The fraction of sp³-hybridized carbons (Fsp3) is 0.312. The summed E-state index contributed by atoms with van der Waals surface area (Å²) in [6.07, 6.45) is 1.24. The highest BCUT2D eigenvalue weighted by molar-refractivity contribution is 7.16. The first-order valence-corrected chi connectivity index (χ1v) is 8.32. The second kappa shape index (κ2) is 5.04. The number of thiazole rings is 1. The van der Waals surface area contributed by atoms with Crippen molar-refractivity contribution in [1.29, 1.82) is 0 Å². The van der Waals surface area contributed by atoms with E-state index in [9.17, 15) is 0 Å². The molecule has 0 aliphatic heterocycles. The molecule has 21 heavy (non-hydrogen) atoms. The number of benzene rings is 1. The van der Waals surface area contributed by atoms with Crippen LogP contribution in [0.3, 0.4) is 0 Å². The average Bonchev–Trinajstić information content (AvgIpc) is 2.93. The van der Waals surface area contributed by atoms with E-state index >= 15 is 0 Å². The number of halogens is 1. The van der Waals surface area contributed by atoms with Crippen LogP contribution in [0.25, 0.3) is 10.2 Å². The Morgan fingerprint density at radius 3 is 3.05 bits per heavy atom. The predicted octanol–water partition coefficient (Wildman–Crippen LogP) is 5.28. The molecule has 3 nitrogen and oxygen atoms in total. The summed E-state index contributed by atoms with van der Waals surface area (Å²) in [4.78, 5) is 4.39. The molecule has 0 amide bonds. The Bertz CT molecular complexity index is 795. The van der Waals surface area contributed by atoms with Gasteiger partial charge in [-0.05, 0) is 36.6 Å². The van der Waals surface area contributed by atoms with Gasteiger partial charge >= 0.3 is 0 Å². The zero-order valence-electron chi connectivity index (χ0n) is 11.6. The lowest BCUT2D eigenvalue weighted by molar-refractivity contribution is 0.468. The topological polar surface area (TPSA) is 38.1 Å². The number of hydrogen-bond acceptors (Lipinski definition) is 4. The first-order valence-electron chi connectivity index (χ1n) is 7.06. The molecule has 0 bridgehead atoms. The number of nitrogens with zero attached hydrogens (tertiary/aromatic N) is 1. The number of furan rings is 1. The minimum absolute atomic E-state index is 0.615. The fourth-order valence-corrected chi connectivity index (χ4v) is 3.56. The Morgan fingerprint density at radius 1 is 1.38 bits per heavy atom. The summed E-state index contributed by atoms with van der Waals surface area (Å²) in [5, 5.41) is 4.05. The lowest BCUT2D eigenvalue weighted by Crippen LogP contribution is -1.99. The maximum absolute atomic E-state index is 6.28. The Labute approximate surface area is 131 Å². The minimum Gasteiger partial charge on any atom is -0.464 e. The molecule has 0 saturated heterocycles. The van der Waals surface area contributed by atoms with Gasteiger partial charge in [-0.15, -0.1) is 11.3 Å². The van der Waals surface area contributed by atoms with Crippen molar-refractivity contribution in [3.05, 3.63) is 46.3 Å². The van der Waals surface area contributed by atoms with Gasteiger partial charge in [0, 0.05) is 5.92 Å². The van der Waals surface area contributed by atoms with Crippen LogP contribution in [0.15, 0.2) is 34.2 Å². The molecule has 4 rings (SSSR count). The third-order valence-electron chi connectivity index (χ3n) is 4.05. The van der Waals surface area contributed by atoms with Crippen molar-refractivity contribution >= 4 is 38.8 Å². The minimum atomic E-state index is 0.615. The van der Waals surface area contributed by atoms with E-state index in [4.69, 9.17) is 16.0 Å². The van der Waals surface area contributed by atoms with Crippen molar-refractivity contribution in [1.82, 2.24) is 4.98 Å². The molecule has 1 aliphatic rings. The second-order valence-corrected chi connectivity index (χ2v) is 6.89. The summed E-state index contributed by atoms with van der Waals surface area (Å²) >= 11 is 7.90. The molecule has 1 saturated carbocycles. The van der Waals surface area contributed by atoms with E-state index in [1.165, 1.54) is 6.42 Å². The van der Waals surface area contributed by atoms with Crippen molar-refractivity contribution in [3.63, 3.8) is 0 Å². The zero-order chi connectivity index (χ0) is 14.4. The van der Waals surface area contributed by atoms with Crippen LogP contribution in [0.4, 0.5) is 5.69 Å². The van der Waals surface area contributed by atoms with Crippen LogP contribution in [0, 0.1) is 5.92 Å². The Hall–Kier alpha value is -1.52. The molecule has 1 N–H and O–H groups in total. The zero-order valence-corrected chi connectivity index (χ0v) is 13.2. The van der Waals surface area contributed by atoms with Gasteiger partial charge < -0.3 is 9.73 Å². The van der Waals surface area contributed by atoms with Crippen molar-refractivity contribution in [3.8, 4) is 0 Å². The molecule has 1 fully saturated rings. The predicted molar refractivity (Wildman–Crippen MR) is 87.2 cm³/mol. The molecule has 2 aromatic heterocycles. The number of aromatic nitrogens is 1. The summed E-state index contributed by atoms with van der Waals surface area (Å²) in [7, 11) is 0. The van der Waals surface area contributed by atoms with Crippen LogP contribution in [-0.4, -0.2) is 4.98 Å². The van der Waals surface area contributed by atoms with Gasteiger partial charge in [0.15, 0.2) is 0 Å². The highest BCUT2D eigenvalue weighted by atomic mass is 35.5. The maximum atomic E-state index is 6.28. The van der Waals surface area contributed by atoms with E-state index in [0.717, 1.165) is 33.3 Å². The molecule has 0 spiro atoms. The quantitative estimate of drug-likeness (QED) is 0.711. The summed E-state index contributed by atoms with van der Waals surface area (Å²) < 4.78 is 7.04. The van der Waals surface area contributed by atoms with E-state index < -0.39 is 0 Å². The van der Waals surface area contributed by atoms with Gasteiger partial charge in [0.25, 0.3) is 0 Å². The van der Waals surface area contributed by atoms with Crippen LogP contribution in [0.2, 0.25) is 5.02 Å². The van der Waals surface area contributed by atoms with E-state index in [0.29, 0.717) is 17.5 Å². The number of fused-ring (bicyclic) bond motifs is 1.